The van der Waals surface area contributed by atoms with Gasteiger partial charge in [0.1, 0.15) is 0 Å². The molecule has 0 bridgehead atoms. The molecule has 0 unspecified atom stereocenters. The number of carboxylic acid groups (broad SMARTS) is 1. The van der Waals surface area contributed by atoms with Gasteiger partial charge >= 0.3 is 5.97 Å². The SMILES string of the molecule is O=C(O)Cc1[nH]ncc1Cc1cccnn1. The van der Waals surface area contributed by atoms with Crippen LogP contribution in [-0.4, -0.2) is 31.5 Å². The van der Waals surface area contributed by atoms with Crippen LogP contribution in [0.4, 0.5) is 0 Å². The average Bonchev–Trinajstić information content (AvgIpc) is 2.66. The van der Waals surface area contributed by atoms with Crippen LogP contribution >= 0.6 is 0 Å². The molecular weight excluding hydrogens is 208 g/mol. The normalized spacial score (nSPS) is 10.2. The fourth-order valence-corrected chi connectivity index (χ4v) is 1.42. The molecular formula is C10H10N4O2. The van der Waals surface area contributed by atoms with Gasteiger partial charge < -0.3 is 5.11 Å². The summed E-state index contributed by atoms with van der Waals surface area (Å²) in [4.78, 5) is 10.6. The first-order valence-corrected chi connectivity index (χ1v) is 4.75. The molecule has 0 aliphatic carbocycles. The van der Waals surface area contributed by atoms with Crippen molar-refractivity contribution in [3.63, 3.8) is 0 Å². The van der Waals surface area contributed by atoms with Crippen LogP contribution in [0.3, 0.4) is 0 Å². The first kappa shape index (κ1) is 10.3. The monoisotopic (exact) mass is 218 g/mol. The summed E-state index contributed by atoms with van der Waals surface area (Å²) in [5, 5.41) is 22.9. The summed E-state index contributed by atoms with van der Waals surface area (Å²) in [6, 6.07) is 3.63. The quantitative estimate of drug-likeness (QED) is 0.775. The van der Waals surface area contributed by atoms with Crippen molar-refractivity contribution in [2.75, 3.05) is 0 Å². The summed E-state index contributed by atoms with van der Waals surface area (Å²) in [6.07, 6.45) is 3.69. The molecule has 0 radical (unpaired) electrons. The summed E-state index contributed by atoms with van der Waals surface area (Å²) in [5.74, 6) is -0.885. The van der Waals surface area contributed by atoms with Gasteiger partial charge in [0, 0.05) is 18.3 Å². The van der Waals surface area contributed by atoms with Gasteiger partial charge in [0.25, 0.3) is 0 Å². The first-order chi connectivity index (χ1) is 7.75. The third kappa shape index (κ3) is 2.41. The lowest BCUT2D eigenvalue weighted by Crippen LogP contribution is -2.04. The van der Waals surface area contributed by atoms with Crippen molar-refractivity contribution in [2.24, 2.45) is 0 Å². The molecule has 0 atom stereocenters. The molecule has 0 saturated carbocycles. The predicted octanol–water partition coefficient (Wildman–Crippen LogP) is 0.418. The van der Waals surface area contributed by atoms with E-state index in [9.17, 15) is 4.79 Å². The maximum absolute atomic E-state index is 10.6. The van der Waals surface area contributed by atoms with Crippen LogP contribution in [0.25, 0.3) is 0 Å². The Hall–Kier alpha value is -2.24. The zero-order valence-electron chi connectivity index (χ0n) is 8.42. The number of H-pyrrole nitrogens is 1. The molecule has 0 aliphatic rings. The number of hydrogen-bond acceptors (Lipinski definition) is 4. The number of rotatable bonds is 4. The van der Waals surface area contributed by atoms with Gasteiger partial charge in [-0.05, 0) is 17.7 Å². The van der Waals surface area contributed by atoms with Crippen LogP contribution in [0.15, 0.2) is 24.5 Å². The van der Waals surface area contributed by atoms with Crippen molar-refractivity contribution in [1.82, 2.24) is 20.4 Å². The number of hydrogen-bond donors (Lipinski definition) is 2. The number of nitrogens with zero attached hydrogens (tertiary/aromatic N) is 3. The van der Waals surface area contributed by atoms with E-state index in [1.165, 1.54) is 0 Å². The van der Waals surface area contributed by atoms with Crippen molar-refractivity contribution in [3.05, 3.63) is 41.5 Å². The Morgan fingerprint density at radius 3 is 3.06 bits per heavy atom. The van der Waals surface area contributed by atoms with E-state index in [0.29, 0.717) is 12.1 Å². The van der Waals surface area contributed by atoms with E-state index in [0.717, 1.165) is 11.3 Å². The molecule has 0 spiro atoms. The second kappa shape index (κ2) is 4.52. The van der Waals surface area contributed by atoms with E-state index < -0.39 is 5.97 Å². The maximum Gasteiger partial charge on any atom is 0.309 e. The molecule has 0 amide bonds. The van der Waals surface area contributed by atoms with Crippen LogP contribution in [-0.2, 0) is 17.6 Å². The van der Waals surface area contributed by atoms with E-state index in [-0.39, 0.29) is 6.42 Å². The summed E-state index contributed by atoms with van der Waals surface area (Å²) in [6.45, 7) is 0. The third-order valence-electron chi connectivity index (χ3n) is 2.13. The Morgan fingerprint density at radius 1 is 1.50 bits per heavy atom. The fourth-order valence-electron chi connectivity index (χ4n) is 1.42. The van der Waals surface area contributed by atoms with Crippen LogP contribution in [0.5, 0.6) is 0 Å². The molecule has 2 aromatic rings. The van der Waals surface area contributed by atoms with Gasteiger partial charge in [-0.3, -0.25) is 9.89 Å². The Morgan fingerprint density at radius 2 is 2.38 bits per heavy atom. The molecule has 0 aliphatic heterocycles. The molecule has 2 aromatic heterocycles. The van der Waals surface area contributed by atoms with E-state index in [1.807, 2.05) is 6.07 Å². The van der Waals surface area contributed by atoms with Gasteiger partial charge in [-0.25, -0.2) is 0 Å². The number of carboxylic acids is 1. The third-order valence-corrected chi connectivity index (χ3v) is 2.13. The molecule has 6 heteroatoms. The smallest absolute Gasteiger partial charge is 0.309 e. The molecule has 16 heavy (non-hydrogen) atoms. The Kier molecular flexibility index (Phi) is 2.90. The maximum atomic E-state index is 10.6. The van der Waals surface area contributed by atoms with Gasteiger partial charge in [-0.1, -0.05) is 0 Å². The highest BCUT2D eigenvalue weighted by Crippen LogP contribution is 2.10. The van der Waals surface area contributed by atoms with Crippen LogP contribution in [0, 0.1) is 0 Å². The summed E-state index contributed by atoms with van der Waals surface area (Å²) in [7, 11) is 0. The van der Waals surface area contributed by atoms with Gasteiger partial charge in [0.05, 0.1) is 18.3 Å². The summed E-state index contributed by atoms with van der Waals surface area (Å²) < 4.78 is 0. The van der Waals surface area contributed by atoms with Crippen molar-refractivity contribution in [1.29, 1.82) is 0 Å². The van der Waals surface area contributed by atoms with Crippen molar-refractivity contribution >= 4 is 5.97 Å². The highest BCUT2D eigenvalue weighted by atomic mass is 16.4. The molecule has 6 nitrogen and oxygen atoms in total. The van der Waals surface area contributed by atoms with E-state index >= 15 is 0 Å². The largest absolute Gasteiger partial charge is 0.481 e. The van der Waals surface area contributed by atoms with Gasteiger partial charge in [0.2, 0.25) is 0 Å². The number of aromatic nitrogens is 4. The predicted molar refractivity (Wildman–Crippen MR) is 54.8 cm³/mol. The van der Waals surface area contributed by atoms with E-state index in [4.69, 9.17) is 5.11 Å². The standard InChI is InChI=1S/C10H10N4O2/c15-10(16)5-9-7(6-12-14-9)4-8-2-1-3-11-13-8/h1-3,6H,4-5H2,(H,12,14)(H,15,16). The highest BCUT2D eigenvalue weighted by molar-refractivity contribution is 5.70. The Balaban J connectivity index is 2.16. The number of aromatic amines is 1. The lowest BCUT2D eigenvalue weighted by Gasteiger charge is -1.99. The zero-order chi connectivity index (χ0) is 11.4. The second-order valence-corrected chi connectivity index (χ2v) is 3.34. The van der Waals surface area contributed by atoms with Crippen LogP contribution in [0.2, 0.25) is 0 Å². The average molecular weight is 218 g/mol. The first-order valence-electron chi connectivity index (χ1n) is 4.75. The van der Waals surface area contributed by atoms with Crippen LogP contribution < -0.4 is 0 Å². The molecule has 82 valence electrons. The summed E-state index contributed by atoms with van der Waals surface area (Å²) >= 11 is 0. The van der Waals surface area contributed by atoms with Gasteiger partial charge in [0.15, 0.2) is 0 Å². The molecule has 0 fully saturated rings. The molecule has 2 heterocycles. The van der Waals surface area contributed by atoms with Crippen molar-refractivity contribution < 1.29 is 9.90 Å². The lowest BCUT2D eigenvalue weighted by atomic mass is 10.1. The second-order valence-electron chi connectivity index (χ2n) is 3.34. The molecule has 2 rings (SSSR count). The minimum absolute atomic E-state index is 0.0599. The van der Waals surface area contributed by atoms with Crippen LogP contribution in [0.1, 0.15) is 17.0 Å². The fraction of sp³-hybridized carbons (Fsp3) is 0.200. The Bertz CT molecular complexity index is 481. The van der Waals surface area contributed by atoms with E-state index in [2.05, 4.69) is 20.4 Å². The molecule has 0 saturated heterocycles. The van der Waals surface area contributed by atoms with E-state index in [1.54, 1.807) is 18.5 Å². The van der Waals surface area contributed by atoms with Gasteiger partial charge in [-0.2, -0.15) is 15.3 Å². The van der Waals surface area contributed by atoms with Crippen molar-refractivity contribution in [3.8, 4) is 0 Å². The zero-order valence-corrected chi connectivity index (χ0v) is 8.42. The topological polar surface area (TPSA) is 91.8 Å². The highest BCUT2D eigenvalue weighted by Gasteiger charge is 2.10. The number of aliphatic carboxylic acids is 1. The minimum Gasteiger partial charge on any atom is -0.481 e. The van der Waals surface area contributed by atoms with Crippen molar-refractivity contribution in [2.45, 2.75) is 12.8 Å². The minimum atomic E-state index is -0.885. The molecule has 2 N–H and O–H groups in total. The lowest BCUT2D eigenvalue weighted by molar-refractivity contribution is -0.136. The molecule has 0 aromatic carbocycles. The Labute approximate surface area is 91.3 Å². The number of carbonyl (C=O) groups is 1. The summed E-state index contributed by atoms with van der Waals surface area (Å²) in [5.41, 5.74) is 2.23. The van der Waals surface area contributed by atoms with Gasteiger partial charge in [-0.15, -0.1) is 0 Å². The number of nitrogens with one attached hydrogen (secondary N) is 1.